The van der Waals surface area contributed by atoms with Crippen molar-refractivity contribution in [3.05, 3.63) is 30.2 Å². The molecule has 1 aromatic heterocycles. The fraction of sp³-hybridized carbons (Fsp3) is 0.273. The summed E-state index contributed by atoms with van der Waals surface area (Å²) >= 11 is 0. The van der Waals surface area contributed by atoms with E-state index in [1.165, 1.54) is 0 Å². The van der Waals surface area contributed by atoms with Gasteiger partial charge in [-0.3, -0.25) is 0 Å². The Morgan fingerprint density at radius 3 is 3.00 bits per heavy atom. The Morgan fingerprint density at radius 2 is 2.27 bits per heavy atom. The highest BCUT2D eigenvalue weighted by molar-refractivity contribution is 5.79. The standard InChI is InChI=1S/C11H13N3O/c1-15-9-3-2-8-7-13-11(4-5-12)14-10(8)6-9/h2-3,6-7H,4-5,12H2,1H3. The first kappa shape index (κ1) is 9.86. The highest BCUT2D eigenvalue weighted by Crippen LogP contribution is 2.18. The quantitative estimate of drug-likeness (QED) is 0.812. The molecular weight excluding hydrogens is 190 g/mol. The monoisotopic (exact) mass is 203 g/mol. The smallest absolute Gasteiger partial charge is 0.130 e. The minimum Gasteiger partial charge on any atom is -0.497 e. The lowest BCUT2D eigenvalue weighted by molar-refractivity contribution is 0.415. The van der Waals surface area contributed by atoms with Gasteiger partial charge >= 0.3 is 0 Å². The van der Waals surface area contributed by atoms with Crippen molar-refractivity contribution in [2.75, 3.05) is 13.7 Å². The predicted octanol–water partition coefficient (Wildman–Crippen LogP) is 1.14. The Morgan fingerprint density at radius 1 is 1.40 bits per heavy atom. The average molecular weight is 203 g/mol. The molecule has 0 spiro atoms. The maximum absolute atomic E-state index is 5.46. The van der Waals surface area contributed by atoms with Gasteiger partial charge in [-0.2, -0.15) is 0 Å². The van der Waals surface area contributed by atoms with E-state index in [4.69, 9.17) is 10.5 Å². The molecule has 0 saturated heterocycles. The number of fused-ring (bicyclic) bond motifs is 1. The van der Waals surface area contributed by atoms with Crippen molar-refractivity contribution in [1.82, 2.24) is 9.97 Å². The number of hydrogen-bond acceptors (Lipinski definition) is 4. The molecule has 2 rings (SSSR count). The summed E-state index contributed by atoms with van der Waals surface area (Å²) in [5.74, 6) is 1.58. The lowest BCUT2D eigenvalue weighted by Crippen LogP contribution is -2.06. The van der Waals surface area contributed by atoms with Crippen molar-refractivity contribution in [3.63, 3.8) is 0 Å². The summed E-state index contributed by atoms with van der Waals surface area (Å²) in [6.45, 7) is 0.565. The molecule has 0 bridgehead atoms. The van der Waals surface area contributed by atoms with Crippen LogP contribution in [-0.2, 0) is 6.42 Å². The molecule has 4 heteroatoms. The molecule has 0 fully saturated rings. The van der Waals surface area contributed by atoms with Gasteiger partial charge in [0.05, 0.1) is 12.6 Å². The third-order valence-corrected chi connectivity index (χ3v) is 2.21. The average Bonchev–Trinajstić information content (AvgIpc) is 2.28. The SMILES string of the molecule is COc1ccc2cnc(CCN)nc2c1. The number of rotatable bonds is 3. The lowest BCUT2D eigenvalue weighted by atomic mass is 10.2. The van der Waals surface area contributed by atoms with E-state index in [0.29, 0.717) is 13.0 Å². The molecule has 0 amide bonds. The van der Waals surface area contributed by atoms with Gasteiger partial charge in [0.2, 0.25) is 0 Å². The summed E-state index contributed by atoms with van der Waals surface area (Å²) in [4.78, 5) is 8.62. The molecule has 15 heavy (non-hydrogen) atoms. The fourth-order valence-electron chi connectivity index (χ4n) is 1.42. The maximum Gasteiger partial charge on any atom is 0.130 e. The molecule has 0 atom stereocenters. The normalized spacial score (nSPS) is 10.5. The van der Waals surface area contributed by atoms with Crippen LogP contribution in [-0.4, -0.2) is 23.6 Å². The van der Waals surface area contributed by atoms with Crippen LogP contribution >= 0.6 is 0 Å². The van der Waals surface area contributed by atoms with Gasteiger partial charge in [-0.15, -0.1) is 0 Å². The van der Waals surface area contributed by atoms with E-state index in [0.717, 1.165) is 22.5 Å². The van der Waals surface area contributed by atoms with E-state index in [1.807, 2.05) is 24.4 Å². The van der Waals surface area contributed by atoms with Crippen LogP contribution < -0.4 is 10.5 Å². The Balaban J connectivity index is 2.48. The molecule has 78 valence electrons. The number of methoxy groups -OCH3 is 1. The zero-order valence-electron chi connectivity index (χ0n) is 8.60. The van der Waals surface area contributed by atoms with Gasteiger partial charge in [0.1, 0.15) is 11.6 Å². The van der Waals surface area contributed by atoms with Crippen LogP contribution in [0, 0.1) is 0 Å². The van der Waals surface area contributed by atoms with Crippen LogP contribution in [0.25, 0.3) is 10.9 Å². The summed E-state index contributed by atoms with van der Waals surface area (Å²) in [5.41, 5.74) is 6.35. The highest BCUT2D eigenvalue weighted by Gasteiger charge is 2.00. The van der Waals surface area contributed by atoms with Crippen molar-refractivity contribution >= 4 is 10.9 Å². The Bertz CT molecular complexity index is 470. The van der Waals surface area contributed by atoms with Crippen molar-refractivity contribution in [2.24, 2.45) is 5.73 Å². The van der Waals surface area contributed by atoms with Gasteiger partial charge in [-0.1, -0.05) is 0 Å². The second-order valence-corrected chi connectivity index (χ2v) is 3.25. The first-order valence-corrected chi connectivity index (χ1v) is 4.83. The van der Waals surface area contributed by atoms with Gasteiger partial charge in [-0.05, 0) is 18.7 Å². The molecule has 0 aliphatic rings. The summed E-state index contributed by atoms with van der Waals surface area (Å²) in [7, 11) is 1.64. The van der Waals surface area contributed by atoms with Gasteiger partial charge < -0.3 is 10.5 Å². The molecule has 1 heterocycles. The Kier molecular flexibility index (Phi) is 2.78. The molecule has 0 radical (unpaired) electrons. The number of nitrogens with two attached hydrogens (primary N) is 1. The molecule has 1 aromatic carbocycles. The number of hydrogen-bond donors (Lipinski definition) is 1. The van der Waals surface area contributed by atoms with Crippen molar-refractivity contribution in [2.45, 2.75) is 6.42 Å². The highest BCUT2D eigenvalue weighted by atomic mass is 16.5. The molecule has 2 N–H and O–H groups in total. The van der Waals surface area contributed by atoms with Crippen LogP contribution in [0.2, 0.25) is 0 Å². The molecule has 2 aromatic rings. The maximum atomic E-state index is 5.46. The van der Waals surface area contributed by atoms with Crippen molar-refractivity contribution in [1.29, 1.82) is 0 Å². The lowest BCUT2D eigenvalue weighted by Gasteiger charge is -2.03. The zero-order valence-corrected chi connectivity index (χ0v) is 8.60. The number of aromatic nitrogens is 2. The summed E-state index contributed by atoms with van der Waals surface area (Å²) in [5, 5.41) is 1.01. The Hall–Kier alpha value is -1.68. The predicted molar refractivity (Wildman–Crippen MR) is 58.8 cm³/mol. The van der Waals surface area contributed by atoms with E-state index >= 15 is 0 Å². The topological polar surface area (TPSA) is 61.0 Å². The van der Waals surface area contributed by atoms with E-state index in [1.54, 1.807) is 7.11 Å². The molecule has 0 aliphatic carbocycles. The Labute approximate surface area is 88.1 Å². The summed E-state index contributed by atoms with van der Waals surface area (Å²) in [6.07, 6.45) is 2.51. The van der Waals surface area contributed by atoms with E-state index in [9.17, 15) is 0 Å². The number of benzene rings is 1. The first-order valence-electron chi connectivity index (χ1n) is 4.83. The first-order chi connectivity index (χ1) is 7.33. The summed E-state index contributed by atoms with van der Waals surface area (Å²) in [6, 6.07) is 5.74. The second-order valence-electron chi connectivity index (χ2n) is 3.25. The van der Waals surface area contributed by atoms with Crippen LogP contribution in [0.3, 0.4) is 0 Å². The number of ether oxygens (including phenoxy) is 1. The van der Waals surface area contributed by atoms with Crippen LogP contribution in [0.5, 0.6) is 5.75 Å². The third-order valence-electron chi connectivity index (χ3n) is 2.21. The van der Waals surface area contributed by atoms with Crippen molar-refractivity contribution < 1.29 is 4.74 Å². The van der Waals surface area contributed by atoms with Crippen molar-refractivity contribution in [3.8, 4) is 5.75 Å². The van der Waals surface area contributed by atoms with E-state index < -0.39 is 0 Å². The molecule has 0 saturated carbocycles. The second kappa shape index (κ2) is 4.23. The van der Waals surface area contributed by atoms with E-state index in [2.05, 4.69) is 9.97 Å². The minimum atomic E-state index is 0.565. The molecule has 0 aliphatic heterocycles. The molecule has 4 nitrogen and oxygen atoms in total. The van der Waals surface area contributed by atoms with Gasteiger partial charge in [0.25, 0.3) is 0 Å². The van der Waals surface area contributed by atoms with Crippen LogP contribution in [0.1, 0.15) is 5.82 Å². The molecular formula is C11H13N3O. The largest absolute Gasteiger partial charge is 0.497 e. The summed E-state index contributed by atoms with van der Waals surface area (Å²) < 4.78 is 5.14. The van der Waals surface area contributed by atoms with E-state index in [-0.39, 0.29) is 0 Å². The van der Waals surface area contributed by atoms with Gasteiger partial charge in [0, 0.05) is 24.1 Å². The van der Waals surface area contributed by atoms with Gasteiger partial charge in [0.15, 0.2) is 0 Å². The fourth-order valence-corrected chi connectivity index (χ4v) is 1.42. The van der Waals surface area contributed by atoms with Gasteiger partial charge in [-0.25, -0.2) is 9.97 Å². The minimum absolute atomic E-state index is 0.565. The van der Waals surface area contributed by atoms with Crippen LogP contribution in [0.15, 0.2) is 24.4 Å². The zero-order chi connectivity index (χ0) is 10.7. The number of nitrogens with zero attached hydrogens (tertiary/aromatic N) is 2. The third kappa shape index (κ3) is 2.05. The van der Waals surface area contributed by atoms with Crippen LogP contribution in [0.4, 0.5) is 0 Å². The molecule has 0 unspecified atom stereocenters.